The van der Waals surface area contributed by atoms with Crippen LogP contribution in [-0.2, 0) is 9.59 Å². The van der Waals surface area contributed by atoms with Gasteiger partial charge in [-0.2, -0.15) is 0 Å². The monoisotopic (exact) mass is 347 g/mol. The number of para-hydroxylation sites is 1. The number of hydrogen-bond donors (Lipinski definition) is 1. The molecule has 1 N–H and O–H groups in total. The van der Waals surface area contributed by atoms with Gasteiger partial charge in [0.05, 0.1) is 11.2 Å². The molecule has 0 bridgehead atoms. The van der Waals surface area contributed by atoms with Gasteiger partial charge in [0.2, 0.25) is 5.91 Å². The van der Waals surface area contributed by atoms with Crippen LogP contribution in [0, 0.1) is 0 Å². The summed E-state index contributed by atoms with van der Waals surface area (Å²) >= 11 is 3.39. The van der Waals surface area contributed by atoms with E-state index in [1.165, 1.54) is 4.90 Å². The number of piperazine rings is 1. The fraction of sp³-hybridized carbons (Fsp3) is 0.267. The summed E-state index contributed by atoms with van der Waals surface area (Å²) in [4.78, 5) is 30.3. The minimum absolute atomic E-state index is 0.0130. The molecule has 0 radical (unpaired) electrons. The summed E-state index contributed by atoms with van der Waals surface area (Å²) in [5.74, 6) is -0.312. The Morgan fingerprint density at radius 1 is 1.33 bits per heavy atom. The molecule has 0 saturated carbocycles. The predicted molar refractivity (Wildman–Crippen MR) is 84.0 cm³/mol. The van der Waals surface area contributed by atoms with Gasteiger partial charge in [-0.1, -0.05) is 12.1 Å². The van der Waals surface area contributed by atoms with E-state index in [4.69, 9.17) is 0 Å². The average molecular weight is 348 g/mol. The highest BCUT2D eigenvalue weighted by molar-refractivity contribution is 9.10. The van der Waals surface area contributed by atoms with Crippen molar-refractivity contribution >= 4 is 44.3 Å². The number of rotatable bonds is 1. The number of hydrogen-bond acceptors (Lipinski definition) is 3. The minimum Gasteiger partial charge on any atom is -0.341 e. The number of nitrogens with zero attached hydrogens (tertiary/aromatic N) is 2. The second-order valence-corrected chi connectivity index (χ2v) is 6.48. The van der Waals surface area contributed by atoms with E-state index >= 15 is 0 Å². The molecule has 3 rings (SSSR count). The van der Waals surface area contributed by atoms with Crippen LogP contribution in [0.2, 0.25) is 0 Å². The van der Waals surface area contributed by atoms with Crippen molar-refractivity contribution in [3.05, 3.63) is 34.9 Å². The van der Waals surface area contributed by atoms with Crippen molar-refractivity contribution in [2.45, 2.75) is 19.4 Å². The third-order valence-electron chi connectivity index (χ3n) is 3.48. The molecular weight excluding hydrogens is 334 g/mol. The first kappa shape index (κ1) is 14.0. The molecule has 0 spiro atoms. The Hall–Kier alpha value is -1.95. The predicted octanol–water partition coefficient (Wildman–Crippen LogP) is 2.24. The Kier molecular flexibility index (Phi) is 3.20. The maximum Gasteiger partial charge on any atom is 0.252 e. The molecule has 0 aliphatic carbocycles. The van der Waals surface area contributed by atoms with Crippen LogP contribution in [0.1, 0.15) is 13.8 Å². The highest BCUT2D eigenvalue weighted by Gasteiger charge is 2.40. The zero-order valence-corrected chi connectivity index (χ0v) is 13.3. The number of amides is 2. The molecule has 2 aromatic rings. The van der Waals surface area contributed by atoms with Crippen molar-refractivity contribution in [2.24, 2.45) is 0 Å². The Morgan fingerprint density at radius 3 is 2.86 bits per heavy atom. The molecule has 1 fully saturated rings. The summed E-state index contributed by atoms with van der Waals surface area (Å²) in [5.41, 5.74) is 0.458. The molecule has 0 unspecified atom stereocenters. The van der Waals surface area contributed by atoms with E-state index in [9.17, 15) is 9.59 Å². The Balaban J connectivity index is 2.15. The van der Waals surface area contributed by atoms with Crippen molar-refractivity contribution in [1.29, 1.82) is 0 Å². The van der Waals surface area contributed by atoms with Crippen LogP contribution < -0.4 is 10.2 Å². The Morgan fingerprint density at radius 2 is 2.10 bits per heavy atom. The number of fused-ring (bicyclic) bond motifs is 1. The molecule has 2 heterocycles. The molecular formula is C15H14BrN3O2. The number of nitrogens with one attached hydrogen (secondary N) is 1. The lowest BCUT2D eigenvalue weighted by molar-refractivity contribution is -0.134. The number of benzene rings is 1. The van der Waals surface area contributed by atoms with Crippen LogP contribution >= 0.6 is 15.9 Å². The second-order valence-electron chi connectivity index (χ2n) is 5.57. The van der Waals surface area contributed by atoms with Crippen molar-refractivity contribution in [1.82, 2.24) is 10.3 Å². The smallest absolute Gasteiger partial charge is 0.252 e. The number of carbonyl (C=O) groups excluding carboxylic acids is 2. The first-order chi connectivity index (χ1) is 9.88. The quantitative estimate of drug-likeness (QED) is 0.860. The lowest BCUT2D eigenvalue weighted by atomic mass is 9.99. The summed E-state index contributed by atoms with van der Waals surface area (Å²) in [6.45, 7) is 3.42. The van der Waals surface area contributed by atoms with Crippen LogP contribution in [0.5, 0.6) is 0 Å². The maximum atomic E-state index is 12.6. The van der Waals surface area contributed by atoms with E-state index in [-0.39, 0.29) is 18.4 Å². The Labute approximate surface area is 130 Å². The molecule has 5 nitrogen and oxygen atoms in total. The van der Waals surface area contributed by atoms with Crippen molar-refractivity contribution in [3.63, 3.8) is 0 Å². The standard InChI is InChI=1S/C15H14BrN3O2/c1-15(2)14(21)19(8-12(20)18-15)11-5-3-4-9-6-10(16)7-17-13(9)11/h3-7H,8H2,1-2H3,(H,18,20). The van der Waals surface area contributed by atoms with Gasteiger partial charge >= 0.3 is 0 Å². The third-order valence-corrected chi connectivity index (χ3v) is 3.91. The highest BCUT2D eigenvalue weighted by Crippen LogP contribution is 2.29. The van der Waals surface area contributed by atoms with Gasteiger partial charge in [0.25, 0.3) is 5.91 Å². The molecule has 1 aromatic heterocycles. The van der Waals surface area contributed by atoms with E-state index in [1.54, 1.807) is 20.0 Å². The molecule has 1 aliphatic rings. The van der Waals surface area contributed by atoms with Gasteiger partial charge in [0, 0.05) is 16.1 Å². The van der Waals surface area contributed by atoms with Crippen LogP contribution in [0.25, 0.3) is 10.9 Å². The van der Waals surface area contributed by atoms with Crippen molar-refractivity contribution in [2.75, 3.05) is 11.4 Å². The summed E-state index contributed by atoms with van der Waals surface area (Å²) in [7, 11) is 0. The van der Waals surface area contributed by atoms with Crippen LogP contribution in [0.4, 0.5) is 5.69 Å². The molecule has 21 heavy (non-hydrogen) atoms. The molecule has 6 heteroatoms. The van der Waals surface area contributed by atoms with Gasteiger partial charge in [-0.05, 0) is 41.9 Å². The van der Waals surface area contributed by atoms with Crippen LogP contribution in [0.3, 0.4) is 0 Å². The van der Waals surface area contributed by atoms with Gasteiger partial charge in [-0.25, -0.2) is 0 Å². The fourth-order valence-corrected chi connectivity index (χ4v) is 2.87. The maximum absolute atomic E-state index is 12.6. The van der Waals surface area contributed by atoms with Crippen molar-refractivity contribution in [3.8, 4) is 0 Å². The first-order valence-electron chi connectivity index (χ1n) is 6.56. The first-order valence-corrected chi connectivity index (χ1v) is 7.35. The minimum atomic E-state index is -0.910. The molecule has 1 aromatic carbocycles. The van der Waals surface area contributed by atoms with E-state index in [1.807, 2.05) is 24.3 Å². The lowest BCUT2D eigenvalue weighted by Crippen LogP contribution is -2.64. The molecule has 1 saturated heterocycles. The van der Waals surface area contributed by atoms with E-state index < -0.39 is 5.54 Å². The SMILES string of the molecule is CC1(C)NC(=O)CN(c2cccc3cc(Br)cnc23)C1=O. The summed E-state index contributed by atoms with van der Waals surface area (Å²) in [6.07, 6.45) is 1.69. The highest BCUT2D eigenvalue weighted by atomic mass is 79.9. The second kappa shape index (κ2) is 4.80. The number of carbonyl (C=O) groups is 2. The van der Waals surface area contributed by atoms with Crippen LogP contribution in [0.15, 0.2) is 34.9 Å². The van der Waals surface area contributed by atoms with Gasteiger partial charge < -0.3 is 5.32 Å². The van der Waals surface area contributed by atoms with Gasteiger partial charge in [-0.3, -0.25) is 19.5 Å². The van der Waals surface area contributed by atoms with E-state index in [0.717, 1.165) is 9.86 Å². The zero-order chi connectivity index (χ0) is 15.2. The van der Waals surface area contributed by atoms with Gasteiger partial charge in [0.1, 0.15) is 12.1 Å². The summed E-state index contributed by atoms with van der Waals surface area (Å²) < 4.78 is 0.871. The van der Waals surface area contributed by atoms with E-state index in [2.05, 4.69) is 26.2 Å². The van der Waals surface area contributed by atoms with E-state index in [0.29, 0.717) is 11.2 Å². The number of halogens is 1. The van der Waals surface area contributed by atoms with Gasteiger partial charge in [-0.15, -0.1) is 0 Å². The van der Waals surface area contributed by atoms with Gasteiger partial charge in [0.15, 0.2) is 0 Å². The number of pyridine rings is 1. The molecule has 0 atom stereocenters. The Bertz CT molecular complexity index is 758. The van der Waals surface area contributed by atoms with Crippen molar-refractivity contribution < 1.29 is 9.59 Å². The average Bonchev–Trinajstić information content (AvgIpc) is 2.41. The largest absolute Gasteiger partial charge is 0.341 e. The normalized spacial score (nSPS) is 18.0. The number of aromatic nitrogens is 1. The topological polar surface area (TPSA) is 62.3 Å². The molecule has 2 amide bonds. The van der Waals surface area contributed by atoms with Crippen LogP contribution in [-0.4, -0.2) is 28.9 Å². The fourth-order valence-electron chi connectivity index (χ4n) is 2.52. The third kappa shape index (κ3) is 2.40. The number of anilines is 1. The molecule has 108 valence electrons. The lowest BCUT2D eigenvalue weighted by Gasteiger charge is -2.37. The molecule has 1 aliphatic heterocycles. The summed E-state index contributed by atoms with van der Waals surface area (Å²) in [5, 5.41) is 3.62. The summed E-state index contributed by atoms with van der Waals surface area (Å²) in [6, 6.07) is 7.54. The zero-order valence-electron chi connectivity index (χ0n) is 11.7.